The molecular weight excluding hydrogens is 280 g/mol. The first-order valence-electron chi connectivity index (χ1n) is 8.26. The van der Waals surface area contributed by atoms with Crippen molar-refractivity contribution < 1.29 is 10.0 Å². The van der Waals surface area contributed by atoms with Gasteiger partial charge in [0.15, 0.2) is 0 Å². The van der Waals surface area contributed by atoms with Crippen molar-refractivity contribution in [2.45, 2.75) is 38.2 Å². The van der Waals surface area contributed by atoms with Gasteiger partial charge in [0, 0.05) is 25.2 Å². The molecule has 1 heterocycles. The fraction of sp³-hybridized carbons (Fsp3) is 0.647. The number of nitro benzene ring substituents is 1. The predicted octanol–water partition coefficient (Wildman–Crippen LogP) is 3.14. The molecule has 2 bridgehead atoms. The van der Waals surface area contributed by atoms with Gasteiger partial charge in [0.2, 0.25) is 0 Å². The van der Waals surface area contributed by atoms with Crippen molar-refractivity contribution in [1.82, 2.24) is 4.90 Å². The Balaban J connectivity index is 1.51. The normalized spacial score (nSPS) is 26.6. The van der Waals surface area contributed by atoms with Gasteiger partial charge in [-0.1, -0.05) is 6.42 Å². The zero-order valence-electron chi connectivity index (χ0n) is 12.9. The molecule has 3 rings (SSSR count). The Kier molecular flexibility index (Phi) is 4.74. The Hall–Kier alpha value is -1.46. The molecule has 3 atom stereocenters. The molecule has 1 aromatic carbocycles. The summed E-state index contributed by atoms with van der Waals surface area (Å²) in [4.78, 5) is 12.7. The van der Waals surface area contributed by atoms with Crippen molar-refractivity contribution in [3.63, 3.8) is 0 Å². The number of nitro groups is 1. The van der Waals surface area contributed by atoms with Crippen LogP contribution >= 0.6 is 0 Å². The average Bonchev–Trinajstić information content (AvgIpc) is 2.85. The molecule has 0 spiro atoms. The van der Waals surface area contributed by atoms with Crippen LogP contribution in [0.1, 0.15) is 43.8 Å². The maximum atomic E-state index is 10.6. The van der Waals surface area contributed by atoms with Crippen LogP contribution in [0.25, 0.3) is 0 Å². The fourth-order valence-electron chi connectivity index (χ4n) is 3.92. The monoisotopic (exact) mass is 304 g/mol. The molecule has 2 aliphatic rings. The van der Waals surface area contributed by atoms with E-state index in [4.69, 9.17) is 0 Å². The van der Waals surface area contributed by atoms with Gasteiger partial charge in [-0.2, -0.15) is 0 Å². The van der Waals surface area contributed by atoms with Crippen molar-refractivity contribution in [2.24, 2.45) is 11.8 Å². The molecule has 1 aromatic rings. The molecule has 0 radical (unpaired) electrons. The molecule has 22 heavy (non-hydrogen) atoms. The highest BCUT2D eigenvalue weighted by atomic mass is 16.6. The number of rotatable bonds is 5. The third-order valence-corrected chi connectivity index (χ3v) is 5.23. The van der Waals surface area contributed by atoms with E-state index in [1.807, 2.05) is 0 Å². The van der Waals surface area contributed by atoms with E-state index in [1.54, 1.807) is 12.1 Å². The van der Waals surface area contributed by atoms with Gasteiger partial charge in [-0.15, -0.1) is 0 Å². The molecule has 2 fully saturated rings. The molecule has 0 unspecified atom stereocenters. The zero-order valence-corrected chi connectivity index (χ0v) is 12.9. The first-order chi connectivity index (χ1) is 10.6. The van der Waals surface area contributed by atoms with E-state index in [9.17, 15) is 15.2 Å². The highest BCUT2D eigenvalue weighted by molar-refractivity contribution is 5.33. The Morgan fingerprint density at radius 2 is 1.95 bits per heavy atom. The first-order valence-corrected chi connectivity index (χ1v) is 8.26. The van der Waals surface area contributed by atoms with E-state index in [0.717, 1.165) is 30.5 Å². The summed E-state index contributed by atoms with van der Waals surface area (Å²) in [5, 5.41) is 20.9. The van der Waals surface area contributed by atoms with Gasteiger partial charge in [0.1, 0.15) is 0 Å². The maximum absolute atomic E-state index is 10.6. The van der Waals surface area contributed by atoms with Crippen LogP contribution in [-0.2, 0) is 0 Å². The van der Waals surface area contributed by atoms with Crippen LogP contribution in [0, 0.1) is 22.0 Å². The number of aliphatic hydroxyl groups excluding tert-OH is 1. The third kappa shape index (κ3) is 3.65. The molecule has 1 aliphatic carbocycles. The molecule has 1 saturated heterocycles. The Bertz CT molecular complexity index is 517. The van der Waals surface area contributed by atoms with Crippen LogP contribution in [0.4, 0.5) is 5.69 Å². The molecule has 5 nitrogen and oxygen atoms in total. The molecule has 0 aromatic heterocycles. The summed E-state index contributed by atoms with van der Waals surface area (Å²) < 4.78 is 0. The summed E-state index contributed by atoms with van der Waals surface area (Å²) in [6, 6.07) is 6.24. The highest BCUT2D eigenvalue weighted by Gasteiger charge is 2.29. The van der Waals surface area contributed by atoms with E-state index in [0.29, 0.717) is 6.42 Å². The number of likely N-dealkylation sites (tertiary alicyclic amines) is 1. The average molecular weight is 304 g/mol. The van der Waals surface area contributed by atoms with E-state index < -0.39 is 11.0 Å². The van der Waals surface area contributed by atoms with E-state index in [-0.39, 0.29) is 5.69 Å². The minimum atomic E-state index is -0.541. The largest absolute Gasteiger partial charge is 0.388 e. The summed E-state index contributed by atoms with van der Waals surface area (Å²) in [6.45, 7) is 3.22. The number of hydrogen-bond donors (Lipinski definition) is 1. The minimum Gasteiger partial charge on any atom is -0.388 e. The first kappa shape index (κ1) is 15.4. The zero-order chi connectivity index (χ0) is 15.5. The van der Waals surface area contributed by atoms with Crippen molar-refractivity contribution >= 4 is 5.69 Å². The maximum Gasteiger partial charge on any atom is 0.269 e. The number of hydrogen-bond acceptors (Lipinski definition) is 4. The lowest BCUT2D eigenvalue weighted by Crippen LogP contribution is -2.30. The van der Waals surface area contributed by atoms with Crippen molar-refractivity contribution in [1.29, 1.82) is 0 Å². The highest BCUT2D eigenvalue weighted by Crippen LogP contribution is 2.36. The van der Waals surface area contributed by atoms with Crippen LogP contribution in [0.3, 0.4) is 0 Å². The van der Waals surface area contributed by atoms with Crippen LogP contribution in [0.15, 0.2) is 24.3 Å². The van der Waals surface area contributed by atoms with Crippen molar-refractivity contribution in [3.8, 4) is 0 Å². The Labute approximate surface area is 131 Å². The minimum absolute atomic E-state index is 0.0690. The van der Waals surface area contributed by atoms with Gasteiger partial charge in [0.25, 0.3) is 5.69 Å². The fourth-order valence-corrected chi connectivity index (χ4v) is 3.92. The summed E-state index contributed by atoms with van der Waals surface area (Å²) in [5.74, 6) is 1.78. The summed E-state index contributed by atoms with van der Waals surface area (Å²) >= 11 is 0. The molecule has 1 saturated carbocycles. The van der Waals surface area contributed by atoms with E-state index in [2.05, 4.69) is 4.90 Å². The van der Waals surface area contributed by atoms with Gasteiger partial charge < -0.3 is 10.0 Å². The quantitative estimate of drug-likeness (QED) is 0.670. The molecule has 5 heteroatoms. The standard InChI is InChI=1S/C17H24N2O3/c20-17(15-3-5-16(6-4-15)19(21)22)8-10-18-9-7-13-1-2-14(11-13)12-18/h3-6,13-14,17,20H,1-2,7-12H2/t13-,14-,17+/m0/s1. The molecular formula is C17H24N2O3. The van der Waals surface area contributed by atoms with Crippen LogP contribution in [-0.4, -0.2) is 34.6 Å². The Morgan fingerprint density at radius 1 is 1.23 bits per heavy atom. The van der Waals surface area contributed by atoms with Gasteiger partial charge in [-0.05, 0) is 61.8 Å². The SMILES string of the molecule is O=[N+]([O-])c1ccc([C@H](O)CCN2CC[C@@H]3CC[C@@H](C3)C2)cc1. The van der Waals surface area contributed by atoms with Gasteiger partial charge in [0.05, 0.1) is 11.0 Å². The topological polar surface area (TPSA) is 66.6 Å². The van der Waals surface area contributed by atoms with Crippen LogP contribution in [0.2, 0.25) is 0 Å². The van der Waals surface area contributed by atoms with Gasteiger partial charge >= 0.3 is 0 Å². The van der Waals surface area contributed by atoms with Gasteiger partial charge in [-0.3, -0.25) is 10.1 Å². The van der Waals surface area contributed by atoms with Crippen LogP contribution < -0.4 is 0 Å². The summed E-state index contributed by atoms with van der Waals surface area (Å²) in [6.07, 6.45) is 5.61. The second-order valence-electron chi connectivity index (χ2n) is 6.79. The lowest BCUT2D eigenvalue weighted by Gasteiger charge is -2.25. The number of nitrogens with zero attached hydrogens (tertiary/aromatic N) is 2. The molecule has 120 valence electrons. The third-order valence-electron chi connectivity index (χ3n) is 5.23. The lowest BCUT2D eigenvalue weighted by molar-refractivity contribution is -0.384. The smallest absolute Gasteiger partial charge is 0.269 e. The van der Waals surface area contributed by atoms with E-state index >= 15 is 0 Å². The summed E-state index contributed by atoms with van der Waals surface area (Å²) in [5.41, 5.74) is 0.835. The number of benzene rings is 1. The van der Waals surface area contributed by atoms with Gasteiger partial charge in [-0.25, -0.2) is 0 Å². The van der Waals surface area contributed by atoms with E-state index in [1.165, 1.54) is 44.4 Å². The molecule has 1 aliphatic heterocycles. The Morgan fingerprint density at radius 3 is 2.68 bits per heavy atom. The molecule has 1 N–H and O–H groups in total. The molecule has 0 amide bonds. The number of fused-ring (bicyclic) bond motifs is 2. The summed E-state index contributed by atoms with van der Waals surface area (Å²) in [7, 11) is 0. The second kappa shape index (κ2) is 6.75. The second-order valence-corrected chi connectivity index (χ2v) is 6.79. The van der Waals surface area contributed by atoms with Crippen LogP contribution in [0.5, 0.6) is 0 Å². The number of aliphatic hydroxyl groups is 1. The van der Waals surface area contributed by atoms with Crippen molar-refractivity contribution in [3.05, 3.63) is 39.9 Å². The predicted molar refractivity (Wildman–Crippen MR) is 84.6 cm³/mol. The lowest BCUT2D eigenvalue weighted by atomic mass is 10.0. The van der Waals surface area contributed by atoms with Crippen molar-refractivity contribution in [2.75, 3.05) is 19.6 Å². The number of non-ortho nitro benzene ring substituents is 1.